The molecule has 0 spiro atoms. The van der Waals surface area contributed by atoms with Crippen LogP contribution in [0.4, 0.5) is 5.69 Å². The third kappa shape index (κ3) is 2.50. The van der Waals surface area contributed by atoms with Crippen LogP contribution in [0.25, 0.3) is 0 Å². The normalized spacial score (nSPS) is 17.8. The van der Waals surface area contributed by atoms with Gasteiger partial charge in [0.05, 0.1) is 16.8 Å². The molecule has 1 fully saturated rings. The summed E-state index contributed by atoms with van der Waals surface area (Å²) >= 11 is 6.23. The summed E-state index contributed by atoms with van der Waals surface area (Å²) in [6, 6.07) is 6.19. The van der Waals surface area contributed by atoms with E-state index in [2.05, 4.69) is 17.9 Å². The van der Waals surface area contributed by atoms with Gasteiger partial charge in [0.2, 0.25) is 0 Å². The molecule has 1 aliphatic rings. The van der Waals surface area contributed by atoms with Gasteiger partial charge in [-0.05, 0) is 37.5 Å². The van der Waals surface area contributed by atoms with E-state index < -0.39 is 0 Å². The molecule has 0 unspecified atom stereocenters. The van der Waals surface area contributed by atoms with Crippen molar-refractivity contribution in [2.24, 2.45) is 0 Å². The van der Waals surface area contributed by atoms with Crippen molar-refractivity contribution in [3.63, 3.8) is 0 Å². The Hall–Kier alpha value is -0.730. The minimum absolute atomic E-state index is 0.417. The summed E-state index contributed by atoms with van der Waals surface area (Å²) in [6.45, 7) is 4.16. The molecule has 1 saturated heterocycles. The fourth-order valence-corrected chi connectivity index (χ4v) is 2.43. The largest absolute Gasteiger partial charge is 0.381 e. The van der Waals surface area contributed by atoms with Crippen LogP contribution >= 0.6 is 11.6 Å². The molecule has 1 aromatic rings. The molecular weight excluding hydrogens is 222 g/mol. The third-order valence-corrected chi connectivity index (χ3v) is 3.54. The van der Waals surface area contributed by atoms with Crippen molar-refractivity contribution < 1.29 is 4.74 Å². The number of hydrogen-bond acceptors (Lipinski definition) is 2. The van der Waals surface area contributed by atoms with E-state index in [1.807, 2.05) is 12.1 Å². The Labute approximate surface area is 102 Å². The molecule has 2 rings (SSSR count). The molecule has 0 radical (unpaired) electrons. The molecule has 88 valence electrons. The maximum atomic E-state index is 6.23. The Morgan fingerprint density at radius 2 is 2.00 bits per heavy atom. The maximum Gasteiger partial charge on any atom is 0.0639 e. The minimum atomic E-state index is 0.417. The molecule has 0 aromatic heterocycles. The van der Waals surface area contributed by atoms with Crippen LogP contribution in [-0.4, -0.2) is 26.3 Å². The summed E-state index contributed by atoms with van der Waals surface area (Å²) in [5, 5.41) is 0.849. The van der Waals surface area contributed by atoms with E-state index in [0.29, 0.717) is 6.10 Å². The van der Waals surface area contributed by atoms with Gasteiger partial charge in [0.1, 0.15) is 0 Å². The first-order chi connectivity index (χ1) is 7.70. The molecule has 0 atom stereocenters. The Morgan fingerprint density at radius 1 is 1.31 bits per heavy atom. The van der Waals surface area contributed by atoms with Crippen molar-refractivity contribution >= 4 is 17.3 Å². The lowest BCUT2D eigenvalue weighted by molar-refractivity contribution is 0.0819. The van der Waals surface area contributed by atoms with Crippen molar-refractivity contribution in [2.45, 2.75) is 25.9 Å². The predicted octanol–water partition coefficient (Wildman–Crippen LogP) is 3.26. The first-order valence-electron chi connectivity index (χ1n) is 5.74. The second-order valence-electron chi connectivity index (χ2n) is 4.38. The number of nitrogens with zero attached hydrogens (tertiary/aromatic N) is 1. The predicted molar refractivity (Wildman–Crippen MR) is 68.4 cm³/mol. The highest BCUT2D eigenvalue weighted by Crippen LogP contribution is 2.29. The number of aryl methyl sites for hydroxylation is 1. The summed E-state index contributed by atoms with van der Waals surface area (Å²) in [4.78, 5) is 2.35. The van der Waals surface area contributed by atoms with Crippen molar-refractivity contribution in [1.29, 1.82) is 0 Å². The van der Waals surface area contributed by atoms with Crippen LogP contribution < -0.4 is 4.90 Å². The van der Waals surface area contributed by atoms with Gasteiger partial charge in [-0.1, -0.05) is 17.7 Å². The van der Waals surface area contributed by atoms with Crippen molar-refractivity contribution in [3.05, 3.63) is 28.8 Å². The minimum Gasteiger partial charge on any atom is -0.381 e. The summed E-state index contributed by atoms with van der Waals surface area (Å²) in [7, 11) is 1.79. The Bertz CT molecular complexity index is 359. The average Bonchev–Trinajstić information content (AvgIpc) is 2.32. The smallest absolute Gasteiger partial charge is 0.0639 e. The van der Waals surface area contributed by atoms with Crippen LogP contribution in [0.5, 0.6) is 0 Å². The standard InChI is InChI=1S/C13H18ClNO/c1-10-3-4-12(14)13(9-10)15-7-5-11(16-2)6-8-15/h3-4,9,11H,5-8H2,1-2H3. The molecule has 0 aliphatic carbocycles. The van der Waals surface area contributed by atoms with E-state index in [9.17, 15) is 0 Å². The lowest BCUT2D eigenvalue weighted by Crippen LogP contribution is -2.36. The third-order valence-electron chi connectivity index (χ3n) is 3.22. The van der Waals surface area contributed by atoms with E-state index in [-0.39, 0.29) is 0 Å². The average molecular weight is 240 g/mol. The van der Waals surface area contributed by atoms with Crippen LogP contribution in [0, 0.1) is 6.92 Å². The zero-order valence-corrected chi connectivity index (χ0v) is 10.6. The maximum absolute atomic E-state index is 6.23. The van der Waals surface area contributed by atoms with Gasteiger partial charge >= 0.3 is 0 Å². The van der Waals surface area contributed by atoms with Crippen LogP contribution in [-0.2, 0) is 4.74 Å². The first kappa shape index (κ1) is 11.7. The Morgan fingerprint density at radius 3 is 2.62 bits per heavy atom. The number of ether oxygens (including phenoxy) is 1. The Balaban J connectivity index is 2.10. The van der Waals surface area contributed by atoms with Crippen molar-refractivity contribution in [1.82, 2.24) is 0 Å². The molecule has 3 heteroatoms. The van der Waals surface area contributed by atoms with E-state index in [4.69, 9.17) is 16.3 Å². The molecule has 1 aromatic carbocycles. The highest BCUT2D eigenvalue weighted by atomic mass is 35.5. The number of methoxy groups -OCH3 is 1. The van der Waals surface area contributed by atoms with Gasteiger partial charge in [0.25, 0.3) is 0 Å². The molecule has 1 aliphatic heterocycles. The van der Waals surface area contributed by atoms with Crippen molar-refractivity contribution in [2.75, 3.05) is 25.1 Å². The summed E-state index contributed by atoms with van der Waals surface area (Å²) in [5.41, 5.74) is 2.42. The van der Waals surface area contributed by atoms with Crippen LogP contribution in [0.2, 0.25) is 5.02 Å². The fourth-order valence-electron chi connectivity index (χ4n) is 2.20. The lowest BCUT2D eigenvalue weighted by atomic mass is 10.1. The lowest BCUT2D eigenvalue weighted by Gasteiger charge is -2.33. The van der Waals surface area contributed by atoms with Gasteiger partial charge < -0.3 is 9.64 Å². The number of anilines is 1. The molecule has 1 heterocycles. The molecule has 0 bridgehead atoms. The van der Waals surface area contributed by atoms with Gasteiger partial charge in [-0.25, -0.2) is 0 Å². The Kier molecular flexibility index (Phi) is 3.72. The molecule has 2 nitrogen and oxygen atoms in total. The number of rotatable bonds is 2. The van der Waals surface area contributed by atoms with Crippen LogP contribution in [0.1, 0.15) is 18.4 Å². The highest BCUT2D eigenvalue weighted by molar-refractivity contribution is 6.33. The molecule has 0 saturated carbocycles. The number of halogens is 1. The van der Waals surface area contributed by atoms with Gasteiger partial charge in [0.15, 0.2) is 0 Å². The van der Waals surface area contributed by atoms with Gasteiger partial charge in [-0.2, -0.15) is 0 Å². The van der Waals surface area contributed by atoms with E-state index in [1.165, 1.54) is 5.56 Å². The second-order valence-corrected chi connectivity index (χ2v) is 4.78. The van der Waals surface area contributed by atoms with Crippen molar-refractivity contribution in [3.8, 4) is 0 Å². The zero-order chi connectivity index (χ0) is 11.5. The summed E-state index contributed by atoms with van der Waals surface area (Å²) < 4.78 is 5.37. The fraction of sp³-hybridized carbons (Fsp3) is 0.538. The zero-order valence-electron chi connectivity index (χ0n) is 9.87. The summed E-state index contributed by atoms with van der Waals surface area (Å²) in [5.74, 6) is 0. The SMILES string of the molecule is COC1CCN(c2cc(C)ccc2Cl)CC1. The second kappa shape index (κ2) is 5.07. The van der Waals surface area contributed by atoms with Gasteiger partial charge in [0, 0.05) is 20.2 Å². The molecule has 0 amide bonds. The first-order valence-corrected chi connectivity index (χ1v) is 6.12. The topological polar surface area (TPSA) is 12.5 Å². The number of hydrogen-bond donors (Lipinski definition) is 0. The highest BCUT2D eigenvalue weighted by Gasteiger charge is 2.20. The quantitative estimate of drug-likeness (QED) is 0.786. The molecule has 16 heavy (non-hydrogen) atoms. The monoisotopic (exact) mass is 239 g/mol. The van der Waals surface area contributed by atoms with E-state index in [0.717, 1.165) is 36.6 Å². The summed E-state index contributed by atoms with van der Waals surface area (Å²) in [6.07, 6.45) is 2.58. The van der Waals surface area contributed by atoms with Gasteiger partial charge in [-0.15, -0.1) is 0 Å². The number of benzene rings is 1. The van der Waals surface area contributed by atoms with Crippen LogP contribution in [0.15, 0.2) is 18.2 Å². The molecule has 0 N–H and O–H groups in total. The van der Waals surface area contributed by atoms with Gasteiger partial charge in [-0.3, -0.25) is 0 Å². The van der Waals surface area contributed by atoms with Crippen LogP contribution in [0.3, 0.4) is 0 Å². The van der Waals surface area contributed by atoms with E-state index >= 15 is 0 Å². The van der Waals surface area contributed by atoms with E-state index in [1.54, 1.807) is 7.11 Å². The number of piperidine rings is 1. The molecular formula is C13H18ClNO.